The molecule has 1 heteroatoms. The molecule has 0 unspecified atom stereocenters. The van der Waals surface area contributed by atoms with E-state index in [0.717, 1.165) is 12.3 Å². The van der Waals surface area contributed by atoms with Gasteiger partial charge in [0.05, 0.1) is 0 Å². The van der Waals surface area contributed by atoms with E-state index in [9.17, 15) is 0 Å². The number of pyridine rings is 1. The first kappa shape index (κ1) is 12.2. The largest absolute Gasteiger partial charge is 0.264 e. The summed E-state index contributed by atoms with van der Waals surface area (Å²) in [7, 11) is 0. The molecule has 0 amide bonds. The van der Waals surface area contributed by atoms with Gasteiger partial charge in [0.15, 0.2) is 0 Å². The molecule has 0 saturated heterocycles. The number of rotatable bonds is 2. The topological polar surface area (TPSA) is 12.9 Å². The molecular formula is C12H21N. The monoisotopic (exact) mass is 179 g/mol. The fourth-order valence-corrected chi connectivity index (χ4v) is 1.17. The van der Waals surface area contributed by atoms with Crippen molar-refractivity contribution < 1.29 is 0 Å². The van der Waals surface area contributed by atoms with Crippen LogP contribution in [-0.4, -0.2) is 4.98 Å². The molecule has 1 aromatic rings. The maximum atomic E-state index is 4.05. The molecule has 0 bridgehead atoms. The van der Waals surface area contributed by atoms with Gasteiger partial charge in [-0.15, -0.1) is 0 Å². The Bertz CT molecular complexity index is 228. The lowest BCUT2D eigenvalue weighted by Crippen LogP contribution is -1.96. The predicted molar refractivity (Wildman–Crippen MR) is 58.9 cm³/mol. The van der Waals surface area contributed by atoms with Gasteiger partial charge < -0.3 is 0 Å². The quantitative estimate of drug-likeness (QED) is 0.675. The Kier molecular flexibility index (Phi) is 6.21. The van der Waals surface area contributed by atoms with Gasteiger partial charge in [-0.1, -0.05) is 27.7 Å². The summed E-state index contributed by atoms with van der Waals surface area (Å²) in [6, 6.07) is 2.11. The first-order valence-corrected chi connectivity index (χ1v) is 5.09. The van der Waals surface area contributed by atoms with E-state index in [1.165, 1.54) is 11.1 Å². The fourth-order valence-electron chi connectivity index (χ4n) is 1.17. The second-order valence-electron chi connectivity index (χ2n) is 3.40. The van der Waals surface area contributed by atoms with Crippen LogP contribution in [0.25, 0.3) is 0 Å². The standard InChI is InChI=1S/C10H15N.C2H6/c1-8(2)6-10-4-5-11-7-9(10)3;1-2/h4-5,7-8H,6H2,1-3H3;1-2H3. The van der Waals surface area contributed by atoms with Gasteiger partial charge in [0, 0.05) is 12.4 Å². The molecule has 0 saturated carbocycles. The number of hydrogen-bond acceptors (Lipinski definition) is 1. The second kappa shape index (κ2) is 6.64. The highest BCUT2D eigenvalue weighted by Gasteiger charge is 1.99. The molecule has 13 heavy (non-hydrogen) atoms. The molecule has 0 aromatic carbocycles. The molecule has 74 valence electrons. The summed E-state index contributed by atoms with van der Waals surface area (Å²) in [5.41, 5.74) is 2.73. The summed E-state index contributed by atoms with van der Waals surface area (Å²) in [6.07, 6.45) is 4.96. The average Bonchev–Trinajstić information content (AvgIpc) is 2.12. The Balaban J connectivity index is 0.000000671. The van der Waals surface area contributed by atoms with Crippen molar-refractivity contribution in [3.05, 3.63) is 29.6 Å². The van der Waals surface area contributed by atoms with Crippen molar-refractivity contribution in [2.75, 3.05) is 0 Å². The highest BCUT2D eigenvalue weighted by molar-refractivity contribution is 5.21. The lowest BCUT2D eigenvalue weighted by Gasteiger charge is -2.06. The van der Waals surface area contributed by atoms with E-state index in [0.29, 0.717) is 0 Å². The molecule has 0 spiro atoms. The lowest BCUT2D eigenvalue weighted by atomic mass is 10.0. The second-order valence-corrected chi connectivity index (χ2v) is 3.40. The first-order valence-electron chi connectivity index (χ1n) is 5.09. The molecule has 0 N–H and O–H groups in total. The minimum Gasteiger partial charge on any atom is -0.264 e. The van der Waals surface area contributed by atoms with E-state index in [1.807, 2.05) is 26.2 Å². The van der Waals surface area contributed by atoms with Crippen LogP contribution in [0.2, 0.25) is 0 Å². The van der Waals surface area contributed by atoms with E-state index in [4.69, 9.17) is 0 Å². The summed E-state index contributed by atoms with van der Waals surface area (Å²) in [5.74, 6) is 0.732. The molecule has 0 aliphatic rings. The van der Waals surface area contributed by atoms with Gasteiger partial charge in [-0.2, -0.15) is 0 Å². The number of hydrogen-bond donors (Lipinski definition) is 0. The van der Waals surface area contributed by atoms with Crippen LogP contribution < -0.4 is 0 Å². The molecule has 1 nitrogen and oxygen atoms in total. The Morgan fingerprint density at radius 1 is 1.31 bits per heavy atom. The Hall–Kier alpha value is -0.850. The molecule has 0 radical (unpaired) electrons. The first-order chi connectivity index (χ1) is 6.20. The van der Waals surface area contributed by atoms with Gasteiger partial charge in [-0.05, 0) is 36.5 Å². The SMILES string of the molecule is CC.Cc1cnccc1CC(C)C. The molecule has 1 heterocycles. The van der Waals surface area contributed by atoms with Crippen LogP contribution in [0, 0.1) is 12.8 Å². The predicted octanol–water partition coefficient (Wildman–Crippen LogP) is 3.61. The molecule has 0 aliphatic heterocycles. The van der Waals surface area contributed by atoms with Crippen LogP contribution >= 0.6 is 0 Å². The van der Waals surface area contributed by atoms with Gasteiger partial charge in [0.1, 0.15) is 0 Å². The van der Waals surface area contributed by atoms with E-state index in [2.05, 4.69) is 31.8 Å². The van der Waals surface area contributed by atoms with Crippen molar-refractivity contribution in [1.29, 1.82) is 0 Å². The molecular weight excluding hydrogens is 158 g/mol. The Labute approximate surface area is 82.2 Å². The third kappa shape index (κ3) is 4.66. The van der Waals surface area contributed by atoms with Crippen molar-refractivity contribution in [3.63, 3.8) is 0 Å². The minimum absolute atomic E-state index is 0.732. The molecule has 1 aromatic heterocycles. The van der Waals surface area contributed by atoms with Gasteiger partial charge in [0.25, 0.3) is 0 Å². The third-order valence-corrected chi connectivity index (χ3v) is 1.76. The fraction of sp³-hybridized carbons (Fsp3) is 0.583. The smallest absolute Gasteiger partial charge is 0.0299 e. The Morgan fingerprint density at radius 2 is 1.92 bits per heavy atom. The van der Waals surface area contributed by atoms with Gasteiger partial charge in [-0.3, -0.25) is 4.98 Å². The van der Waals surface area contributed by atoms with Crippen molar-refractivity contribution in [3.8, 4) is 0 Å². The lowest BCUT2D eigenvalue weighted by molar-refractivity contribution is 0.644. The number of aromatic nitrogens is 1. The van der Waals surface area contributed by atoms with Crippen LogP contribution in [0.1, 0.15) is 38.8 Å². The molecule has 1 rings (SSSR count). The van der Waals surface area contributed by atoms with Crippen LogP contribution in [0.4, 0.5) is 0 Å². The maximum absolute atomic E-state index is 4.05. The van der Waals surface area contributed by atoms with E-state index >= 15 is 0 Å². The van der Waals surface area contributed by atoms with E-state index in [1.54, 1.807) is 0 Å². The summed E-state index contributed by atoms with van der Waals surface area (Å²) in [4.78, 5) is 4.05. The van der Waals surface area contributed by atoms with Crippen molar-refractivity contribution in [1.82, 2.24) is 4.98 Å². The molecule has 0 aliphatic carbocycles. The Morgan fingerprint density at radius 3 is 2.38 bits per heavy atom. The van der Waals surface area contributed by atoms with Crippen LogP contribution in [0.3, 0.4) is 0 Å². The minimum atomic E-state index is 0.732. The summed E-state index contributed by atoms with van der Waals surface area (Å²) >= 11 is 0. The van der Waals surface area contributed by atoms with Gasteiger partial charge >= 0.3 is 0 Å². The zero-order chi connectivity index (χ0) is 10.3. The number of aryl methyl sites for hydroxylation is 1. The van der Waals surface area contributed by atoms with E-state index < -0.39 is 0 Å². The number of nitrogens with zero attached hydrogens (tertiary/aromatic N) is 1. The zero-order valence-electron chi connectivity index (χ0n) is 9.46. The van der Waals surface area contributed by atoms with Crippen molar-refractivity contribution in [2.24, 2.45) is 5.92 Å². The van der Waals surface area contributed by atoms with Gasteiger partial charge in [-0.25, -0.2) is 0 Å². The third-order valence-electron chi connectivity index (χ3n) is 1.76. The maximum Gasteiger partial charge on any atom is 0.0299 e. The van der Waals surface area contributed by atoms with Crippen LogP contribution in [0.5, 0.6) is 0 Å². The van der Waals surface area contributed by atoms with Crippen molar-refractivity contribution >= 4 is 0 Å². The highest BCUT2D eigenvalue weighted by Crippen LogP contribution is 2.10. The summed E-state index contributed by atoms with van der Waals surface area (Å²) < 4.78 is 0. The zero-order valence-corrected chi connectivity index (χ0v) is 9.46. The highest BCUT2D eigenvalue weighted by atomic mass is 14.6. The summed E-state index contributed by atoms with van der Waals surface area (Å²) in [5, 5.41) is 0. The van der Waals surface area contributed by atoms with Crippen LogP contribution in [0.15, 0.2) is 18.5 Å². The van der Waals surface area contributed by atoms with E-state index in [-0.39, 0.29) is 0 Å². The average molecular weight is 179 g/mol. The molecule has 0 atom stereocenters. The van der Waals surface area contributed by atoms with Gasteiger partial charge in [0.2, 0.25) is 0 Å². The van der Waals surface area contributed by atoms with Crippen molar-refractivity contribution in [2.45, 2.75) is 41.0 Å². The molecule has 0 fully saturated rings. The normalized spacial score (nSPS) is 9.38. The van der Waals surface area contributed by atoms with Crippen LogP contribution in [-0.2, 0) is 6.42 Å². The summed E-state index contributed by atoms with van der Waals surface area (Å²) in [6.45, 7) is 10.6.